The van der Waals surface area contributed by atoms with Gasteiger partial charge in [0.05, 0.1) is 38.3 Å². The van der Waals surface area contributed by atoms with Crippen LogP contribution >= 0.6 is 0 Å². The van der Waals surface area contributed by atoms with Crippen molar-refractivity contribution in [1.29, 1.82) is 0 Å². The molecule has 156 valence electrons. The molecule has 1 atom stereocenters. The van der Waals surface area contributed by atoms with Crippen LogP contribution in [-0.4, -0.2) is 41.6 Å². The summed E-state index contributed by atoms with van der Waals surface area (Å²) in [6, 6.07) is 2.82. The molecule has 1 aromatic heterocycles. The Morgan fingerprint density at radius 3 is 2.41 bits per heavy atom. The Labute approximate surface area is 165 Å². The summed E-state index contributed by atoms with van der Waals surface area (Å²) in [4.78, 5) is 4.23. The highest BCUT2D eigenvalue weighted by Crippen LogP contribution is 2.32. The van der Waals surface area contributed by atoms with Crippen molar-refractivity contribution in [3.05, 3.63) is 47.0 Å². The minimum absolute atomic E-state index is 0.144. The minimum atomic E-state index is -0.859. The van der Waals surface area contributed by atoms with Crippen LogP contribution in [0.15, 0.2) is 29.1 Å². The Morgan fingerprint density at radius 1 is 1.21 bits per heavy atom. The van der Waals surface area contributed by atoms with Gasteiger partial charge in [0, 0.05) is 25.4 Å². The number of aryl methyl sites for hydroxylation is 1. The van der Waals surface area contributed by atoms with Gasteiger partial charge in [-0.2, -0.15) is 5.10 Å². The second-order valence-corrected chi connectivity index (χ2v) is 6.02. The van der Waals surface area contributed by atoms with E-state index in [4.69, 9.17) is 19.3 Å². The molecule has 3 rings (SSSR count). The molecule has 0 fully saturated rings. The van der Waals surface area contributed by atoms with Crippen molar-refractivity contribution in [1.82, 2.24) is 15.1 Å². The van der Waals surface area contributed by atoms with Crippen LogP contribution in [0.25, 0.3) is 0 Å². The van der Waals surface area contributed by atoms with Gasteiger partial charge in [0.2, 0.25) is 0 Å². The minimum Gasteiger partial charge on any atom is -0.494 e. The zero-order valence-corrected chi connectivity index (χ0v) is 16.1. The van der Waals surface area contributed by atoms with Crippen LogP contribution in [0.5, 0.6) is 11.5 Å². The number of rotatable bonds is 8. The number of benzene rings is 1. The van der Waals surface area contributed by atoms with Gasteiger partial charge in [0.1, 0.15) is 12.4 Å². The Kier molecular flexibility index (Phi) is 6.17. The number of hydrogen-bond donors (Lipinski definition) is 3. The number of aliphatic imine (C=N–C) groups is 1. The van der Waals surface area contributed by atoms with E-state index in [0.717, 1.165) is 6.07 Å². The summed E-state index contributed by atoms with van der Waals surface area (Å²) >= 11 is 0. The van der Waals surface area contributed by atoms with E-state index in [-0.39, 0.29) is 36.0 Å². The molecule has 0 aliphatic carbocycles. The van der Waals surface area contributed by atoms with Gasteiger partial charge < -0.3 is 30.0 Å². The average molecular weight is 409 g/mol. The van der Waals surface area contributed by atoms with Gasteiger partial charge in [-0.1, -0.05) is 0 Å². The summed E-state index contributed by atoms with van der Waals surface area (Å²) in [6.07, 6.45) is 2.43. The lowest BCUT2D eigenvalue weighted by Crippen LogP contribution is -2.34. The third kappa shape index (κ3) is 4.40. The first-order valence-electron chi connectivity index (χ1n) is 8.58. The molecule has 0 radical (unpaired) electrons. The molecule has 9 nitrogen and oxygen atoms in total. The lowest BCUT2D eigenvalue weighted by atomic mass is 10.1. The van der Waals surface area contributed by atoms with Crippen molar-refractivity contribution >= 4 is 12.0 Å². The van der Waals surface area contributed by atoms with Crippen LogP contribution in [0.4, 0.5) is 14.6 Å². The summed E-state index contributed by atoms with van der Waals surface area (Å²) in [7, 11) is 4.28. The van der Waals surface area contributed by atoms with Crippen molar-refractivity contribution in [3.63, 3.8) is 0 Å². The Hall–Kier alpha value is -3.34. The highest BCUT2D eigenvalue weighted by molar-refractivity contribution is 5.77. The Bertz CT molecular complexity index is 917. The lowest BCUT2D eigenvalue weighted by Gasteiger charge is -2.20. The van der Waals surface area contributed by atoms with Crippen molar-refractivity contribution < 1.29 is 28.1 Å². The normalized spacial score (nSPS) is 15.5. The molecule has 3 N–H and O–H groups in total. The van der Waals surface area contributed by atoms with E-state index in [1.807, 2.05) is 0 Å². The third-order valence-electron chi connectivity index (χ3n) is 4.16. The molecule has 0 saturated heterocycles. The van der Waals surface area contributed by atoms with Crippen LogP contribution in [0.2, 0.25) is 0 Å². The number of anilines is 1. The predicted molar refractivity (Wildman–Crippen MR) is 101 cm³/mol. The maximum atomic E-state index is 14.4. The van der Waals surface area contributed by atoms with Gasteiger partial charge in [0.15, 0.2) is 35.2 Å². The molecule has 2 heterocycles. The summed E-state index contributed by atoms with van der Waals surface area (Å²) in [5.41, 5.74) is 0.203. The van der Waals surface area contributed by atoms with Crippen molar-refractivity contribution in [2.75, 3.05) is 19.5 Å². The second-order valence-electron chi connectivity index (χ2n) is 6.02. The molecule has 11 heteroatoms. The number of nitrogens with zero attached hydrogens (tertiary/aromatic N) is 3. The molecule has 1 aromatic carbocycles. The first-order valence-corrected chi connectivity index (χ1v) is 8.58. The predicted octanol–water partition coefficient (Wildman–Crippen LogP) is 1.64. The second kappa shape index (κ2) is 8.78. The van der Waals surface area contributed by atoms with Crippen LogP contribution in [0.3, 0.4) is 0 Å². The van der Waals surface area contributed by atoms with Gasteiger partial charge in [-0.3, -0.25) is 4.68 Å². The summed E-state index contributed by atoms with van der Waals surface area (Å²) in [5.74, 6) is -1.08. The number of ether oxygens (including phenoxy) is 3. The fraction of sp³-hybridized carbons (Fsp3) is 0.333. The molecular weight excluding hydrogens is 388 g/mol. The first kappa shape index (κ1) is 20.4. The number of methoxy groups -OCH3 is 2. The highest BCUT2D eigenvalue weighted by atomic mass is 19.1. The zero-order chi connectivity index (χ0) is 21.0. The number of hydrogen-bond acceptors (Lipinski definition) is 8. The van der Waals surface area contributed by atoms with E-state index in [2.05, 4.69) is 20.7 Å². The molecule has 1 aliphatic rings. The lowest BCUT2D eigenvalue weighted by molar-refractivity contribution is 0.204. The number of allylic oxidation sites excluding steroid dienone is 1. The zero-order valence-electron chi connectivity index (χ0n) is 16.1. The summed E-state index contributed by atoms with van der Waals surface area (Å²) < 4.78 is 45.6. The average Bonchev–Trinajstić information content (AvgIpc) is 3.09. The van der Waals surface area contributed by atoms with E-state index in [0.29, 0.717) is 11.5 Å². The smallest absolute Gasteiger partial charge is 0.195 e. The van der Waals surface area contributed by atoms with Gasteiger partial charge in [-0.05, 0) is 0 Å². The molecule has 0 saturated carbocycles. The molecule has 0 amide bonds. The molecule has 29 heavy (non-hydrogen) atoms. The monoisotopic (exact) mass is 409 g/mol. The van der Waals surface area contributed by atoms with E-state index in [9.17, 15) is 8.78 Å². The SMILES string of the molecule is COc1cc(OC)c(F)c(COC2=CNC(Nc3cc(CO)nn3C)N=C2)c1F. The maximum absolute atomic E-state index is 14.4. The van der Waals surface area contributed by atoms with Crippen molar-refractivity contribution in [3.8, 4) is 11.5 Å². The molecule has 0 bridgehead atoms. The Balaban J connectivity index is 1.63. The van der Waals surface area contributed by atoms with Gasteiger partial charge >= 0.3 is 0 Å². The van der Waals surface area contributed by atoms with Gasteiger partial charge in [0.25, 0.3) is 0 Å². The van der Waals surface area contributed by atoms with Crippen LogP contribution in [-0.2, 0) is 25.0 Å². The van der Waals surface area contributed by atoms with E-state index >= 15 is 0 Å². The van der Waals surface area contributed by atoms with E-state index < -0.39 is 17.9 Å². The van der Waals surface area contributed by atoms with E-state index in [1.165, 1.54) is 26.6 Å². The van der Waals surface area contributed by atoms with Crippen LogP contribution in [0.1, 0.15) is 11.3 Å². The molecule has 1 aliphatic heterocycles. The van der Waals surface area contributed by atoms with Crippen LogP contribution in [0, 0.1) is 11.6 Å². The third-order valence-corrected chi connectivity index (χ3v) is 4.16. The topological polar surface area (TPSA) is 102 Å². The quantitative estimate of drug-likeness (QED) is 0.609. The molecule has 2 aromatic rings. The van der Waals surface area contributed by atoms with E-state index in [1.54, 1.807) is 17.8 Å². The van der Waals surface area contributed by atoms with Gasteiger partial charge in [-0.25, -0.2) is 13.8 Å². The first-order chi connectivity index (χ1) is 14.0. The molecule has 0 spiro atoms. The number of aliphatic hydroxyl groups is 1. The molecular formula is C18H21F2N5O4. The summed E-state index contributed by atoms with van der Waals surface area (Å²) in [6.45, 7) is -0.554. The Morgan fingerprint density at radius 2 is 1.90 bits per heavy atom. The standard InChI is InChI=1S/C18H21F2N5O4/c1-25-15(4-10(8-26)24-25)23-18-21-6-11(7-22-18)29-9-12-16(19)13(27-2)5-14(28-3)17(12)20/h4-7,18,21,23,26H,8-9H2,1-3H3. The fourth-order valence-corrected chi connectivity index (χ4v) is 2.65. The largest absolute Gasteiger partial charge is 0.494 e. The van der Waals surface area contributed by atoms with Crippen molar-refractivity contribution in [2.24, 2.45) is 12.0 Å². The number of aliphatic hydroxyl groups excluding tert-OH is 1. The van der Waals surface area contributed by atoms with Crippen LogP contribution < -0.4 is 20.1 Å². The number of halogens is 2. The number of aromatic nitrogens is 2. The fourth-order valence-electron chi connectivity index (χ4n) is 2.65. The van der Waals surface area contributed by atoms with Gasteiger partial charge in [-0.15, -0.1) is 0 Å². The molecule has 1 unspecified atom stereocenters. The highest BCUT2D eigenvalue weighted by Gasteiger charge is 2.21. The summed E-state index contributed by atoms with van der Waals surface area (Å²) in [5, 5.41) is 19.3. The number of nitrogens with one attached hydrogen (secondary N) is 2. The van der Waals surface area contributed by atoms with Crippen molar-refractivity contribution in [2.45, 2.75) is 19.5 Å². The maximum Gasteiger partial charge on any atom is 0.195 e.